The molecule has 0 fully saturated rings. The lowest BCUT2D eigenvalue weighted by Gasteiger charge is -2.19. The first-order chi connectivity index (χ1) is 9.29. The van der Waals surface area contributed by atoms with Gasteiger partial charge in [0.1, 0.15) is 7.05 Å². The van der Waals surface area contributed by atoms with Gasteiger partial charge in [0.25, 0.3) is 0 Å². The smallest absolute Gasteiger partial charge is 0.198 e. The predicted molar refractivity (Wildman–Crippen MR) is 85.7 cm³/mol. The quantitative estimate of drug-likeness (QED) is 0.711. The SMILES string of the molecule is Cc1ccccc1-c1ccc(CC(C)(C)C)c(C)[n+]1C. The molecule has 1 heterocycles. The van der Waals surface area contributed by atoms with Crippen LogP contribution in [-0.2, 0) is 13.5 Å². The molecule has 0 bridgehead atoms. The number of aryl methyl sites for hydroxylation is 1. The molecule has 1 aromatic carbocycles. The number of pyridine rings is 1. The van der Waals surface area contributed by atoms with Gasteiger partial charge in [-0.1, -0.05) is 39.0 Å². The fourth-order valence-corrected chi connectivity index (χ4v) is 2.70. The minimum absolute atomic E-state index is 0.321. The predicted octanol–water partition coefficient (Wildman–Crippen LogP) is 4.38. The molecule has 20 heavy (non-hydrogen) atoms. The van der Waals surface area contributed by atoms with Crippen molar-refractivity contribution < 1.29 is 4.57 Å². The number of hydrogen-bond donors (Lipinski definition) is 0. The van der Waals surface area contributed by atoms with Gasteiger partial charge in [-0.25, -0.2) is 0 Å². The highest BCUT2D eigenvalue weighted by Crippen LogP contribution is 2.25. The van der Waals surface area contributed by atoms with Gasteiger partial charge in [-0.2, -0.15) is 4.57 Å². The van der Waals surface area contributed by atoms with Gasteiger partial charge in [0, 0.05) is 24.1 Å². The van der Waals surface area contributed by atoms with Gasteiger partial charge in [-0.3, -0.25) is 0 Å². The van der Waals surface area contributed by atoms with Gasteiger partial charge >= 0.3 is 0 Å². The molecule has 0 atom stereocenters. The molecule has 1 aromatic heterocycles. The molecule has 1 heteroatoms. The van der Waals surface area contributed by atoms with Crippen LogP contribution < -0.4 is 4.57 Å². The Morgan fingerprint density at radius 1 is 0.950 bits per heavy atom. The topological polar surface area (TPSA) is 3.88 Å². The van der Waals surface area contributed by atoms with E-state index < -0.39 is 0 Å². The Bertz CT molecular complexity index is 618. The highest BCUT2D eigenvalue weighted by molar-refractivity contribution is 5.60. The molecular formula is C19H26N+. The Balaban J connectivity index is 2.49. The van der Waals surface area contributed by atoms with Crippen LogP contribution in [0.1, 0.15) is 37.6 Å². The lowest BCUT2D eigenvalue weighted by Crippen LogP contribution is -2.36. The maximum absolute atomic E-state index is 2.32. The fraction of sp³-hybridized carbons (Fsp3) is 0.421. The highest BCUT2D eigenvalue weighted by atomic mass is 14.9. The summed E-state index contributed by atoms with van der Waals surface area (Å²) >= 11 is 0. The van der Waals surface area contributed by atoms with Crippen molar-refractivity contribution in [3.05, 3.63) is 53.2 Å². The summed E-state index contributed by atoms with van der Waals surface area (Å²) in [6, 6.07) is 13.1. The van der Waals surface area contributed by atoms with Crippen molar-refractivity contribution in [1.82, 2.24) is 0 Å². The normalized spacial score (nSPS) is 11.7. The average molecular weight is 268 g/mol. The van der Waals surface area contributed by atoms with E-state index in [1.165, 1.54) is 28.1 Å². The van der Waals surface area contributed by atoms with Crippen LogP contribution in [0.2, 0.25) is 0 Å². The molecule has 2 rings (SSSR count). The van der Waals surface area contributed by atoms with Crippen LogP contribution in [0.25, 0.3) is 11.3 Å². The zero-order valence-electron chi connectivity index (χ0n) is 13.6. The second-order valence-corrected chi connectivity index (χ2v) is 6.94. The van der Waals surface area contributed by atoms with Crippen molar-refractivity contribution in [2.24, 2.45) is 12.5 Å². The van der Waals surface area contributed by atoms with E-state index in [0.29, 0.717) is 5.41 Å². The van der Waals surface area contributed by atoms with Crippen LogP contribution in [-0.4, -0.2) is 0 Å². The molecule has 0 aliphatic heterocycles. The van der Waals surface area contributed by atoms with Crippen molar-refractivity contribution in [3.8, 4) is 11.3 Å². The van der Waals surface area contributed by atoms with E-state index in [-0.39, 0.29) is 0 Å². The first-order valence-corrected chi connectivity index (χ1v) is 7.34. The van der Waals surface area contributed by atoms with E-state index in [4.69, 9.17) is 0 Å². The summed E-state index contributed by atoms with van der Waals surface area (Å²) in [4.78, 5) is 0. The second-order valence-electron chi connectivity index (χ2n) is 6.94. The van der Waals surface area contributed by atoms with E-state index in [1.54, 1.807) is 0 Å². The zero-order chi connectivity index (χ0) is 14.9. The molecule has 106 valence electrons. The van der Waals surface area contributed by atoms with Crippen molar-refractivity contribution in [1.29, 1.82) is 0 Å². The molecule has 0 spiro atoms. The van der Waals surface area contributed by atoms with Crippen LogP contribution in [0.15, 0.2) is 36.4 Å². The fourth-order valence-electron chi connectivity index (χ4n) is 2.70. The van der Waals surface area contributed by atoms with Gasteiger partial charge < -0.3 is 0 Å². The van der Waals surface area contributed by atoms with Crippen molar-refractivity contribution in [2.75, 3.05) is 0 Å². The third-order valence-corrected chi connectivity index (χ3v) is 3.91. The first kappa shape index (κ1) is 14.8. The molecule has 0 amide bonds. The lowest BCUT2D eigenvalue weighted by molar-refractivity contribution is -0.667. The van der Waals surface area contributed by atoms with Crippen molar-refractivity contribution in [2.45, 2.75) is 41.0 Å². The third kappa shape index (κ3) is 3.09. The van der Waals surface area contributed by atoms with E-state index >= 15 is 0 Å². The Morgan fingerprint density at radius 2 is 1.60 bits per heavy atom. The van der Waals surface area contributed by atoms with E-state index in [1.807, 2.05) is 0 Å². The van der Waals surface area contributed by atoms with Crippen LogP contribution in [0.5, 0.6) is 0 Å². The molecular weight excluding hydrogens is 242 g/mol. The van der Waals surface area contributed by atoms with Gasteiger partial charge in [-0.15, -0.1) is 0 Å². The molecule has 1 nitrogen and oxygen atoms in total. The summed E-state index contributed by atoms with van der Waals surface area (Å²) in [5, 5.41) is 0. The van der Waals surface area contributed by atoms with Gasteiger partial charge in [0.15, 0.2) is 5.69 Å². The molecule has 0 aliphatic rings. The average Bonchev–Trinajstić information content (AvgIpc) is 2.35. The summed E-state index contributed by atoms with van der Waals surface area (Å²) < 4.78 is 2.32. The summed E-state index contributed by atoms with van der Waals surface area (Å²) in [7, 11) is 2.17. The molecule has 0 unspecified atom stereocenters. The maximum Gasteiger partial charge on any atom is 0.212 e. The first-order valence-electron chi connectivity index (χ1n) is 7.34. The standard InChI is InChI=1S/C19H26N/c1-14-9-7-8-10-17(14)18-12-11-16(13-19(3,4)5)15(2)20(18)6/h7-12H,13H2,1-6H3/q+1. The molecule has 0 N–H and O–H groups in total. The van der Waals surface area contributed by atoms with E-state index in [0.717, 1.165) is 6.42 Å². The molecule has 0 aliphatic carbocycles. The van der Waals surface area contributed by atoms with Gasteiger partial charge in [0.05, 0.1) is 0 Å². The van der Waals surface area contributed by atoms with Crippen LogP contribution in [0.4, 0.5) is 0 Å². The molecule has 0 radical (unpaired) electrons. The monoisotopic (exact) mass is 268 g/mol. The number of benzene rings is 1. The minimum Gasteiger partial charge on any atom is -0.198 e. The number of nitrogens with zero attached hydrogens (tertiary/aromatic N) is 1. The van der Waals surface area contributed by atoms with Crippen LogP contribution in [0.3, 0.4) is 0 Å². The van der Waals surface area contributed by atoms with E-state index in [9.17, 15) is 0 Å². The van der Waals surface area contributed by atoms with Crippen molar-refractivity contribution in [3.63, 3.8) is 0 Å². The summed E-state index contributed by atoms with van der Waals surface area (Å²) in [5.74, 6) is 0. The van der Waals surface area contributed by atoms with Gasteiger partial charge in [-0.05, 0) is 36.5 Å². The maximum atomic E-state index is 2.32. The lowest BCUT2D eigenvalue weighted by atomic mass is 9.87. The van der Waals surface area contributed by atoms with Crippen LogP contribution >= 0.6 is 0 Å². The van der Waals surface area contributed by atoms with Crippen LogP contribution in [0, 0.1) is 19.3 Å². The Morgan fingerprint density at radius 3 is 2.20 bits per heavy atom. The number of aromatic nitrogens is 1. The third-order valence-electron chi connectivity index (χ3n) is 3.91. The Labute approximate surface area is 123 Å². The number of hydrogen-bond acceptors (Lipinski definition) is 0. The summed E-state index contributed by atoms with van der Waals surface area (Å²) in [6.07, 6.45) is 1.11. The van der Waals surface area contributed by atoms with Gasteiger partial charge in [0.2, 0.25) is 5.69 Å². The molecule has 0 saturated heterocycles. The Hall–Kier alpha value is -1.63. The zero-order valence-corrected chi connectivity index (χ0v) is 13.6. The highest BCUT2D eigenvalue weighted by Gasteiger charge is 2.20. The summed E-state index contributed by atoms with van der Waals surface area (Å²) in [5.41, 5.74) is 7.06. The van der Waals surface area contributed by atoms with Crippen molar-refractivity contribution >= 4 is 0 Å². The molecule has 2 aromatic rings. The second kappa shape index (κ2) is 5.40. The Kier molecular flexibility index (Phi) is 3.99. The minimum atomic E-state index is 0.321. The largest absolute Gasteiger partial charge is 0.212 e. The number of rotatable bonds is 2. The summed E-state index contributed by atoms with van der Waals surface area (Å²) in [6.45, 7) is 11.3. The van der Waals surface area contributed by atoms with E-state index in [2.05, 4.69) is 82.6 Å². The molecule has 0 saturated carbocycles.